The molecule has 5 rings (SSSR count). The van der Waals surface area contributed by atoms with E-state index in [0.717, 1.165) is 62.9 Å². The highest BCUT2D eigenvalue weighted by molar-refractivity contribution is 7.91. The van der Waals surface area contributed by atoms with E-state index in [1.807, 2.05) is 6.92 Å². The van der Waals surface area contributed by atoms with Gasteiger partial charge < -0.3 is 19.7 Å². The second kappa shape index (κ2) is 12.7. The molecule has 0 bridgehead atoms. The second-order valence-electron chi connectivity index (χ2n) is 10.8. The minimum Gasteiger partial charge on any atom is -0.481 e. The molecule has 0 radical (unpaired) electrons. The van der Waals surface area contributed by atoms with Crippen molar-refractivity contribution in [3.63, 3.8) is 0 Å². The minimum absolute atomic E-state index is 0.000487. The molecule has 11 heteroatoms. The van der Waals surface area contributed by atoms with Crippen LogP contribution in [0.4, 0.5) is 4.39 Å². The summed E-state index contributed by atoms with van der Waals surface area (Å²) >= 11 is 6.34. The monoisotopic (exact) mass is 590 g/mol. The van der Waals surface area contributed by atoms with Crippen LogP contribution in [0.25, 0.3) is 0 Å². The Morgan fingerprint density at radius 2 is 2.00 bits per heavy atom. The van der Waals surface area contributed by atoms with Gasteiger partial charge in [-0.15, -0.1) is 0 Å². The van der Waals surface area contributed by atoms with Gasteiger partial charge >= 0.3 is 0 Å². The average Bonchev–Trinajstić information content (AvgIpc) is 3.53. The maximum Gasteiger partial charge on any atom is 0.178 e. The quantitative estimate of drug-likeness (QED) is 0.421. The lowest BCUT2D eigenvalue weighted by molar-refractivity contribution is 0.0667. The molecule has 0 unspecified atom stereocenters. The highest BCUT2D eigenvalue weighted by atomic mass is 35.5. The van der Waals surface area contributed by atoms with Crippen molar-refractivity contribution in [1.29, 1.82) is 5.26 Å². The predicted molar refractivity (Wildman–Crippen MR) is 151 cm³/mol. The summed E-state index contributed by atoms with van der Waals surface area (Å²) < 4.78 is 53.5. The van der Waals surface area contributed by atoms with E-state index in [2.05, 4.69) is 21.2 Å². The first-order valence-corrected chi connectivity index (χ1v) is 16.0. The number of fused-ring (bicyclic) bond motifs is 1. The van der Waals surface area contributed by atoms with Crippen LogP contribution in [0.15, 0.2) is 35.2 Å². The minimum atomic E-state index is -3.67. The van der Waals surface area contributed by atoms with E-state index in [1.165, 1.54) is 12.1 Å². The van der Waals surface area contributed by atoms with Crippen LogP contribution in [0.5, 0.6) is 5.75 Å². The predicted octanol–water partition coefficient (Wildman–Crippen LogP) is 3.43. The van der Waals surface area contributed by atoms with Gasteiger partial charge in [0.05, 0.1) is 34.9 Å². The molecular weight excluding hydrogens is 555 g/mol. The van der Waals surface area contributed by atoms with Crippen molar-refractivity contribution < 1.29 is 22.3 Å². The second-order valence-corrected chi connectivity index (χ2v) is 13.2. The van der Waals surface area contributed by atoms with Crippen LogP contribution in [0, 0.1) is 23.1 Å². The number of benzene rings is 2. The molecule has 2 aromatic rings. The summed E-state index contributed by atoms with van der Waals surface area (Å²) in [6.07, 6.45) is 0.838. The third-order valence-corrected chi connectivity index (χ3v) is 10.3. The van der Waals surface area contributed by atoms with E-state index in [0.29, 0.717) is 36.8 Å². The lowest BCUT2D eigenvalue weighted by Crippen LogP contribution is -2.50. The molecule has 2 fully saturated rings. The maximum atomic E-state index is 15.4. The molecule has 0 spiro atoms. The van der Waals surface area contributed by atoms with E-state index in [4.69, 9.17) is 21.1 Å². The van der Waals surface area contributed by atoms with Crippen LogP contribution in [0.1, 0.15) is 36.1 Å². The number of nitrogens with one attached hydrogen (secondary N) is 1. The lowest BCUT2D eigenvalue weighted by Gasteiger charge is -2.36. The number of sulfone groups is 1. The molecule has 8 nitrogen and oxygen atoms in total. The van der Waals surface area contributed by atoms with Crippen LogP contribution in [0.2, 0.25) is 5.02 Å². The Kier molecular flexibility index (Phi) is 9.30. The Bertz CT molecular complexity index is 1360. The SMILES string of the molecule is CCOCCN1CC[C@H](CS(=O)(=O)c2ccc(O[C@H]3c4cc(Cl)cc(C#N)c4C[C@@H]3N3CCNCC3)c(F)c2)C1. The zero-order valence-electron chi connectivity index (χ0n) is 22.7. The van der Waals surface area contributed by atoms with Gasteiger partial charge in [0.2, 0.25) is 0 Å². The Labute approximate surface area is 240 Å². The van der Waals surface area contributed by atoms with Crippen molar-refractivity contribution in [2.45, 2.75) is 36.8 Å². The van der Waals surface area contributed by atoms with E-state index in [9.17, 15) is 13.7 Å². The smallest absolute Gasteiger partial charge is 0.178 e. The number of hydrogen-bond acceptors (Lipinski definition) is 8. The molecule has 2 heterocycles. The molecule has 216 valence electrons. The number of hydrogen-bond donors (Lipinski definition) is 1. The highest BCUT2D eigenvalue weighted by Gasteiger charge is 2.40. The molecule has 2 saturated heterocycles. The molecule has 2 aromatic carbocycles. The van der Waals surface area contributed by atoms with Crippen molar-refractivity contribution in [1.82, 2.24) is 15.1 Å². The van der Waals surface area contributed by atoms with E-state index >= 15 is 4.39 Å². The summed E-state index contributed by atoms with van der Waals surface area (Å²) in [5.41, 5.74) is 2.14. The van der Waals surface area contributed by atoms with Gasteiger partial charge in [-0.1, -0.05) is 11.6 Å². The number of rotatable bonds is 10. The molecule has 0 aromatic heterocycles. The van der Waals surface area contributed by atoms with Crippen LogP contribution in [-0.4, -0.2) is 89.0 Å². The summed E-state index contributed by atoms with van der Waals surface area (Å²) in [7, 11) is -3.67. The zero-order valence-corrected chi connectivity index (χ0v) is 24.3. The fourth-order valence-corrected chi connectivity index (χ4v) is 8.01. The molecule has 2 aliphatic heterocycles. The van der Waals surface area contributed by atoms with Crippen LogP contribution >= 0.6 is 11.6 Å². The van der Waals surface area contributed by atoms with Gasteiger partial charge in [0.25, 0.3) is 0 Å². The van der Waals surface area contributed by atoms with Gasteiger partial charge in [-0.05, 0) is 73.7 Å². The highest BCUT2D eigenvalue weighted by Crippen LogP contribution is 2.42. The molecule has 0 amide bonds. The molecule has 3 atom stereocenters. The van der Waals surface area contributed by atoms with Crippen LogP contribution in [0.3, 0.4) is 0 Å². The fourth-order valence-electron chi connectivity index (χ4n) is 6.14. The molecule has 1 N–H and O–H groups in total. The van der Waals surface area contributed by atoms with Crippen molar-refractivity contribution in [2.75, 3.05) is 64.8 Å². The van der Waals surface area contributed by atoms with Gasteiger partial charge in [0.15, 0.2) is 21.4 Å². The number of halogens is 2. The summed E-state index contributed by atoms with van der Waals surface area (Å²) in [5, 5.41) is 13.5. The first-order chi connectivity index (χ1) is 19.3. The Morgan fingerprint density at radius 3 is 2.73 bits per heavy atom. The topological polar surface area (TPSA) is 94.9 Å². The maximum absolute atomic E-state index is 15.4. The largest absolute Gasteiger partial charge is 0.481 e. The van der Waals surface area contributed by atoms with Crippen LogP contribution in [-0.2, 0) is 21.0 Å². The summed E-state index contributed by atoms with van der Waals surface area (Å²) in [5.74, 6) is -0.757. The number of ether oxygens (including phenoxy) is 2. The summed E-state index contributed by atoms with van der Waals surface area (Å²) in [6.45, 7) is 8.83. The van der Waals surface area contributed by atoms with Crippen molar-refractivity contribution in [3.05, 3.63) is 57.9 Å². The van der Waals surface area contributed by atoms with Crippen molar-refractivity contribution in [3.8, 4) is 11.8 Å². The molecular formula is C29H36ClFN4O4S. The van der Waals surface area contributed by atoms with Gasteiger partial charge in [0.1, 0.15) is 6.10 Å². The van der Waals surface area contributed by atoms with E-state index < -0.39 is 21.8 Å². The average molecular weight is 591 g/mol. The van der Waals surface area contributed by atoms with E-state index in [-0.39, 0.29) is 28.4 Å². The molecule has 0 saturated carbocycles. The van der Waals surface area contributed by atoms with Gasteiger partial charge in [-0.3, -0.25) is 4.90 Å². The standard InChI is InChI=1S/C29H36ClFN4O4S/c1-2-38-12-11-34-8-5-20(18-34)19-40(36,37)23-3-4-28(26(31)15-23)39-29-25-14-22(30)13-21(17-32)24(25)16-27(29)35-9-6-33-7-10-35/h3-4,13-15,20,27,29,33H,2,5-12,16,18-19H2,1H3/t20-,27-,29-/m0/s1. The Hall–Kier alpha value is -2.26. The molecule has 40 heavy (non-hydrogen) atoms. The Balaban J connectivity index is 1.33. The zero-order chi connectivity index (χ0) is 28.3. The summed E-state index contributed by atoms with van der Waals surface area (Å²) in [4.78, 5) is 4.48. The number of nitriles is 1. The summed E-state index contributed by atoms with van der Waals surface area (Å²) in [6, 6.07) is 9.50. The third-order valence-electron chi connectivity index (χ3n) is 8.16. The van der Waals surface area contributed by atoms with Gasteiger partial charge in [0, 0.05) is 50.9 Å². The third kappa shape index (κ3) is 6.46. The van der Waals surface area contributed by atoms with Crippen molar-refractivity contribution in [2.24, 2.45) is 5.92 Å². The first kappa shape index (κ1) is 29.2. The van der Waals surface area contributed by atoms with Gasteiger partial charge in [-0.25, -0.2) is 12.8 Å². The number of likely N-dealkylation sites (tertiary alicyclic amines) is 1. The first-order valence-electron chi connectivity index (χ1n) is 13.9. The van der Waals surface area contributed by atoms with Crippen molar-refractivity contribution >= 4 is 21.4 Å². The normalized spacial score (nSPS) is 23.7. The van der Waals surface area contributed by atoms with Crippen LogP contribution < -0.4 is 10.1 Å². The fraction of sp³-hybridized carbons (Fsp3) is 0.552. The number of nitrogens with zero attached hydrogens (tertiary/aromatic N) is 3. The lowest BCUT2D eigenvalue weighted by atomic mass is 10.0. The Morgan fingerprint density at radius 1 is 1.20 bits per heavy atom. The number of piperazine rings is 1. The van der Waals surface area contributed by atoms with Gasteiger partial charge in [-0.2, -0.15) is 5.26 Å². The molecule has 1 aliphatic carbocycles. The molecule has 3 aliphatic rings. The van der Waals surface area contributed by atoms with E-state index in [1.54, 1.807) is 12.1 Å².